The molecule has 0 aliphatic carbocycles. The van der Waals surface area contributed by atoms with Gasteiger partial charge in [-0.05, 0) is 12.3 Å². The summed E-state index contributed by atoms with van der Waals surface area (Å²) in [6.07, 6.45) is 1.08. The summed E-state index contributed by atoms with van der Waals surface area (Å²) in [4.78, 5) is 10.4. The second-order valence-corrected chi connectivity index (χ2v) is 3.28. The first-order valence-electron chi connectivity index (χ1n) is 4.45. The first kappa shape index (κ1) is 11.4. The summed E-state index contributed by atoms with van der Waals surface area (Å²) in [7, 11) is 0. The Kier molecular flexibility index (Phi) is 6.76. The van der Waals surface area contributed by atoms with E-state index in [0.717, 1.165) is 13.0 Å². The number of hydrogen-bond acceptors (Lipinski definition) is 2. The molecule has 0 radical (unpaired) electrons. The van der Waals surface area contributed by atoms with E-state index in [1.807, 2.05) is 0 Å². The van der Waals surface area contributed by atoms with Gasteiger partial charge in [-0.3, -0.25) is 4.79 Å². The van der Waals surface area contributed by atoms with Crippen LogP contribution in [0.25, 0.3) is 0 Å². The molecule has 0 fully saturated rings. The van der Waals surface area contributed by atoms with E-state index >= 15 is 0 Å². The van der Waals surface area contributed by atoms with E-state index in [-0.39, 0.29) is 5.91 Å². The van der Waals surface area contributed by atoms with Crippen molar-refractivity contribution in [2.45, 2.75) is 27.2 Å². The standard InChI is InChI=1S/C9H19NO2/c1-8(2)4-6-12-7-5-10-9(3)11/h8H,4-7H2,1-3H3,(H,10,11). The molecule has 0 aliphatic rings. The van der Waals surface area contributed by atoms with Gasteiger partial charge in [0.15, 0.2) is 0 Å². The van der Waals surface area contributed by atoms with Crippen molar-refractivity contribution in [1.82, 2.24) is 5.32 Å². The summed E-state index contributed by atoms with van der Waals surface area (Å²) >= 11 is 0. The Bertz CT molecular complexity index is 124. The topological polar surface area (TPSA) is 38.3 Å². The van der Waals surface area contributed by atoms with Crippen LogP contribution in [0.3, 0.4) is 0 Å². The van der Waals surface area contributed by atoms with E-state index in [4.69, 9.17) is 4.74 Å². The van der Waals surface area contributed by atoms with E-state index < -0.39 is 0 Å². The van der Waals surface area contributed by atoms with Gasteiger partial charge in [-0.1, -0.05) is 13.8 Å². The van der Waals surface area contributed by atoms with E-state index in [9.17, 15) is 4.79 Å². The molecular formula is C9H19NO2. The van der Waals surface area contributed by atoms with Crippen LogP contribution in [0.15, 0.2) is 0 Å². The highest BCUT2D eigenvalue weighted by Crippen LogP contribution is 1.97. The largest absolute Gasteiger partial charge is 0.380 e. The van der Waals surface area contributed by atoms with E-state index in [2.05, 4.69) is 19.2 Å². The predicted molar refractivity (Wildman–Crippen MR) is 49.0 cm³/mol. The van der Waals surface area contributed by atoms with Crippen molar-refractivity contribution in [2.24, 2.45) is 5.92 Å². The number of carbonyl (C=O) groups is 1. The molecule has 72 valence electrons. The van der Waals surface area contributed by atoms with Gasteiger partial charge >= 0.3 is 0 Å². The zero-order valence-corrected chi connectivity index (χ0v) is 8.22. The number of hydrogen-bond donors (Lipinski definition) is 1. The molecule has 0 saturated heterocycles. The lowest BCUT2D eigenvalue weighted by Crippen LogP contribution is -2.24. The smallest absolute Gasteiger partial charge is 0.216 e. The zero-order chi connectivity index (χ0) is 9.40. The number of amides is 1. The second-order valence-electron chi connectivity index (χ2n) is 3.28. The Balaban J connectivity index is 2.96. The third-order valence-electron chi connectivity index (χ3n) is 1.46. The highest BCUT2D eigenvalue weighted by atomic mass is 16.5. The van der Waals surface area contributed by atoms with Gasteiger partial charge in [-0.25, -0.2) is 0 Å². The maximum Gasteiger partial charge on any atom is 0.216 e. The fraction of sp³-hybridized carbons (Fsp3) is 0.889. The Morgan fingerprint density at radius 2 is 2.08 bits per heavy atom. The Hall–Kier alpha value is -0.570. The predicted octanol–water partition coefficient (Wildman–Crippen LogP) is 1.19. The van der Waals surface area contributed by atoms with Gasteiger partial charge in [-0.15, -0.1) is 0 Å². The average Bonchev–Trinajstić information content (AvgIpc) is 1.95. The molecule has 0 unspecified atom stereocenters. The Morgan fingerprint density at radius 1 is 1.42 bits per heavy atom. The molecule has 0 saturated carbocycles. The normalized spacial score (nSPS) is 10.3. The SMILES string of the molecule is CC(=O)NCCOCCC(C)C. The molecular weight excluding hydrogens is 154 g/mol. The number of rotatable bonds is 6. The van der Waals surface area contributed by atoms with Crippen LogP contribution >= 0.6 is 0 Å². The van der Waals surface area contributed by atoms with Gasteiger partial charge in [0.05, 0.1) is 6.61 Å². The van der Waals surface area contributed by atoms with Crippen LogP contribution < -0.4 is 5.32 Å². The summed E-state index contributed by atoms with van der Waals surface area (Å²) in [5, 5.41) is 2.67. The van der Waals surface area contributed by atoms with Crippen molar-refractivity contribution in [3.8, 4) is 0 Å². The third-order valence-corrected chi connectivity index (χ3v) is 1.46. The van der Waals surface area contributed by atoms with E-state index in [1.54, 1.807) is 0 Å². The van der Waals surface area contributed by atoms with Crippen molar-refractivity contribution in [3.63, 3.8) is 0 Å². The summed E-state index contributed by atoms with van der Waals surface area (Å²) in [6, 6.07) is 0. The first-order chi connectivity index (χ1) is 5.63. The number of carbonyl (C=O) groups excluding carboxylic acids is 1. The molecule has 0 atom stereocenters. The molecule has 0 aromatic heterocycles. The molecule has 0 rings (SSSR count). The van der Waals surface area contributed by atoms with Gasteiger partial charge in [0.1, 0.15) is 0 Å². The lowest BCUT2D eigenvalue weighted by Gasteiger charge is -2.06. The fourth-order valence-electron chi connectivity index (χ4n) is 0.720. The maximum atomic E-state index is 10.4. The van der Waals surface area contributed by atoms with Crippen LogP contribution in [-0.4, -0.2) is 25.7 Å². The molecule has 0 aromatic carbocycles. The molecule has 0 aromatic rings. The molecule has 1 amide bonds. The molecule has 3 heteroatoms. The fourth-order valence-corrected chi connectivity index (χ4v) is 0.720. The summed E-state index contributed by atoms with van der Waals surface area (Å²) in [5.41, 5.74) is 0. The zero-order valence-electron chi connectivity index (χ0n) is 8.22. The van der Waals surface area contributed by atoms with E-state index in [1.165, 1.54) is 6.92 Å². The summed E-state index contributed by atoms with van der Waals surface area (Å²) in [5.74, 6) is 0.688. The minimum absolute atomic E-state index is 0.00228. The van der Waals surface area contributed by atoms with Crippen molar-refractivity contribution in [2.75, 3.05) is 19.8 Å². The van der Waals surface area contributed by atoms with Gasteiger partial charge in [0.2, 0.25) is 5.91 Å². The lowest BCUT2D eigenvalue weighted by atomic mass is 10.1. The summed E-state index contributed by atoms with van der Waals surface area (Å²) in [6.45, 7) is 7.86. The van der Waals surface area contributed by atoms with Crippen molar-refractivity contribution in [1.29, 1.82) is 0 Å². The molecule has 12 heavy (non-hydrogen) atoms. The van der Waals surface area contributed by atoms with Crippen LogP contribution in [0.4, 0.5) is 0 Å². The molecule has 0 bridgehead atoms. The average molecular weight is 173 g/mol. The minimum Gasteiger partial charge on any atom is -0.380 e. The van der Waals surface area contributed by atoms with E-state index in [0.29, 0.717) is 19.1 Å². The maximum absolute atomic E-state index is 10.4. The van der Waals surface area contributed by atoms with Crippen molar-refractivity contribution < 1.29 is 9.53 Å². The van der Waals surface area contributed by atoms with Crippen LogP contribution in [0.2, 0.25) is 0 Å². The first-order valence-corrected chi connectivity index (χ1v) is 4.45. The third kappa shape index (κ3) is 9.43. The molecule has 0 heterocycles. The van der Waals surface area contributed by atoms with Gasteiger partial charge in [-0.2, -0.15) is 0 Å². The molecule has 0 spiro atoms. The number of nitrogens with one attached hydrogen (secondary N) is 1. The van der Waals surface area contributed by atoms with Crippen LogP contribution in [0.1, 0.15) is 27.2 Å². The van der Waals surface area contributed by atoms with Crippen LogP contribution in [0.5, 0.6) is 0 Å². The highest BCUT2D eigenvalue weighted by molar-refractivity contribution is 5.72. The molecule has 0 aliphatic heterocycles. The van der Waals surface area contributed by atoms with Crippen LogP contribution in [-0.2, 0) is 9.53 Å². The minimum atomic E-state index is 0.00228. The number of ether oxygens (including phenoxy) is 1. The van der Waals surface area contributed by atoms with Crippen LogP contribution in [0, 0.1) is 5.92 Å². The lowest BCUT2D eigenvalue weighted by molar-refractivity contribution is -0.119. The van der Waals surface area contributed by atoms with Gasteiger partial charge < -0.3 is 10.1 Å². The van der Waals surface area contributed by atoms with Crippen molar-refractivity contribution >= 4 is 5.91 Å². The van der Waals surface area contributed by atoms with Gasteiger partial charge in [0, 0.05) is 20.1 Å². The Morgan fingerprint density at radius 3 is 2.58 bits per heavy atom. The highest BCUT2D eigenvalue weighted by Gasteiger charge is 1.94. The summed E-state index contributed by atoms with van der Waals surface area (Å²) < 4.78 is 5.28. The van der Waals surface area contributed by atoms with Crippen molar-refractivity contribution in [3.05, 3.63) is 0 Å². The van der Waals surface area contributed by atoms with Gasteiger partial charge in [0.25, 0.3) is 0 Å². The quantitative estimate of drug-likeness (QED) is 0.613. The Labute approximate surface area is 74.5 Å². The monoisotopic (exact) mass is 173 g/mol. The molecule has 3 nitrogen and oxygen atoms in total. The second kappa shape index (κ2) is 7.10. The molecule has 1 N–H and O–H groups in total.